The normalized spacial score (nSPS) is 9.92. The molecule has 2 nitrogen and oxygen atoms in total. The quantitative estimate of drug-likeness (QED) is 0.673. The molecule has 2 N–H and O–H groups in total. The van der Waals surface area contributed by atoms with E-state index in [1.165, 1.54) is 0 Å². The van der Waals surface area contributed by atoms with Gasteiger partial charge in [0.25, 0.3) is 0 Å². The average molecular weight is 163 g/mol. The second-order valence-corrected chi connectivity index (χ2v) is 3.14. The number of benzene rings is 1. The van der Waals surface area contributed by atoms with Crippen molar-refractivity contribution >= 4 is 5.91 Å². The van der Waals surface area contributed by atoms with Gasteiger partial charge in [-0.05, 0) is 31.9 Å². The van der Waals surface area contributed by atoms with E-state index >= 15 is 0 Å². The molecule has 12 heavy (non-hydrogen) atoms. The smallest absolute Gasteiger partial charge is 0.249 e. The van der Waals surface area contributed by atoms with Crippen LogP contribution in [0.3, 0.4) is 0 Å². The first kappa shape index (κ1) is 8.78. The Hall–Kier alpha value is -1.31. The summed E-state index contributed by atoms with van der Waals surface area (Å²) in [6.07, 6.45) is 0. The summed E-state index contributed by atoms with van der Waals surface area (Å²) >= 11 is 0. The van der Waals surface area contributed by atoms with Crippen LogP contribution in [0.15, 0.2) is 12.1 Å². The van der Waals surface area contributed by atoms with Crippen LogP contribution in [0.25, 0.3) is 0 Å². The van der Waals surface area contributed by atoms with E-state index in [9.17, 15) is 4.79 Å². The molecular formula is C10H13NO. The van der Waals surface area contributed by atoms with Crippen molar-refractivity contribution in [2.75, 3.05) is 0 Å². The van der Waals surface area contributed by atoms with Gasteiger partial charge in [0.1, 0.15) is 0 Å². The summed E-state index contributed by atoms with van der Waals surface area (Å²) in [6, 6.07) is 3.93. The largest absolute Gasteiger partial charge is 0.366 e. The molecule has 2 heteroatoms. The minimum atomic E-state index is -0.343. The van der Waals surface area contributed by atoms with E-state index in [2.05, 4.69) is 0 Å². The topological polar surface area (TPSA) is 43.1 Å². The lowest BCUT2D eigenvalue weighted by molar-refractivity contribution is 0.0999. The first-order chi connectivity index (χ1) is 5.52. The third kappa shape index (κ3) is 1.47. The SMILES string of the molecule is Cc1cc(C)c(C(N)=O)c(C)c1. The van der Waals surface area contributed by atoms with E-state index in [1.54, 1.807) is 0 Å². The van der Waals surface area contributed by atoms with Gasteiger partial charge in [-0.1, -0.05) is 17.7 Å². The van der Waals surface area contributed by atoms with Gasteiger partial charge in [0.2, 0.25) is 5.91 Å². The fourth-order valence-electron chi connectivity index (χ4n) is 1.57. The zero-order valence-corrected chi connectivity index (χ0v) is 7.64. The molecule has 1 amide bonds. The van der Waals surface area contributed by atoms with Crippen LogP contribution in [0, 0.1) is 20.8 Å². The van der Waals surface area contributed by atoms with Crippen molar-refractivity contribution in [1.29, 1.82) is 0 Å². The van der Waals surface area contributed by atoms with E-state index in [1.807, 2.05) is 32.9 Å². The molecular weight excluding hydrogens is 150 g/mol. The molecule has 0 aliphatic rings. The second-order valence-electron chi connectivity index (χ2n) is 3.14. The Morgan fingerprint density at radius 3 is 1.92 bits per heavy atom. The molecule has 0 heterocycles. The van der Waals surface area contributed by atoms with Gasteiger partial charge < -0.3 is 5.73 Å². The molecule has 64 valence electrons. The number of hydrogen-bond donors (Lipinski definition) is 1. The van der Waals surface area contributed by atoms with E-state index in [-0.39, 0.29) is 5.91 Å². The maximum absolute atomic E-state index is 11.0. The number of carbonyl (C=O) groups excluding carboxylic acids is 1. The maximum atomic E-state index is 11.0. The molecule has 0 spiro atoms. The highest BCUT2D eigenvalue weighted by Crippen LogP contribution is 2.15. The minimum Gasteiger partial charge on any atom is -0.366 e. The number of primary amides is 1. The zero-order valence-electron chi connectivity index (χ0n) is 7.64. The van der Waals surface area contributed by atoms with Gasteiger partial charge >= 0.3 is 0 Å². The summed E-state index contributed by atoms with van der Waals surface area (Å²) in [5, 5.41) is 0. The van der Waals surface area contributed by atoms with Gasteiger partial charge in [0, 0.05) is 5.56 Å². The fourth-order valence-corrected chi connectivity index (χ4v) is 1.57. The number of nitrogens with two attached hydrogens (primary N) is 1. The van der Waals surface area contributed by atoms with E-state index in [4.69, 9.17) is 5.73 Å². The summed E-state index contributed by atoms with van der Waals surface area (Å²) in [5.41, 5.74) is 8.96. The first-order valence-electron chi connectivity index (χ1n) is 3.90. The Balaban J connectivity index is 3.38. The highest BCUT2D eigenvalue weighted by Gasteiger charge is 2.07. The molecule has 0 aliphatic heterocycles. The molecule has 0 fully saturated rings. The summed E-state index contributed by atoms with van der Waals surface area (Å²) in [4.78, 5) is 11.0. The average Bonchev–Trinajstić information content (AvgIpc) is 1.82. The summed E-state index contributed by atoms with van der Waals surface area (Å²) < 4.78 is 0. The van der Waals surface area contributed by atoms with Crippen LogP contribution >= 0.6 is 0 Å². The van der Waals surface area contributed by atoms with Gasteiger partial charge in [-0.3, -0.25) is 4.79 Å². The highest BCUT2D eigenvalue weighted by molar-refractivity contribution is 5.95. The van der Waals surface area contributed by atoms with Crippen molar-refractivity contribution in [3.8, 4) is 0 Å². The van der Waals surface area contributed by atoms with Crippen molar-refractivity contribution in [2.24, 2.45) is 5.73 Å². The Bertz CT molecular complexity index is 306. The molecule has 1 aromatic rings. The number of aryl methyl sites for hydroxylation is 3. The van der Waals surface area contributed by atoms with Crippen LogP contribution in [0.2, 0.25) is 0 Å². The van der Waals surface area contributed by atoms with E-state index in [0.29, 0.717) is 5.56 Å². The summed E-state index contributed by atoms with van der Waals surface area (Å²) in [7, 11) is 0. The molecule has 0 saturated heterocycles. The monoisotopic (exact) mass is 163 g/mol. The van der Waals surface area contributed by atoms with Gasteiger partial charge in [-0.2, -0.15) is 0 Å². The maximum Gasteiger partial charge on any atom is 0.249 e. The highest BCUT2D eigenvalue weighted by atomic mass is 16.1. The fraction of sp³-hybridized carbons (Fsp3) is 0.300. The number of carbonyl (C=O) groups is 1. The lowest BCUT2D eigenvalue weighted by Gasteiger charge is -2.06. The molecule has 0 atom stereocenters. The second kappa shape index (κ2) is 2.97. The van der Waals surface area contributed by atoms with Crippen LogP contribution in [-0.2, 0) is 0 Å². The van der Waals surface area contributed by atoms with Crippen molar-refractivity contribution in [3.05, 3.63) is 34.4 Å². The summed E-state index contributed by atoms with van der Waals surface area (Å²) in [6.45, 7) is 5.81. The van der Waals surface area contributed by atoms with E-state index < -0.39 is 0 Å². The van der Waals surface area contributed by atoms with Crippen molar-refractivity contribution < 1.29 is 4.79 Å². The Morgan fingerprint density at radius 1 is 1.17 bits per heavy atom. The standard InChI is InChI=1S/C10H13NO/c1-6-4-7(2)9(10(11)12)8(3)5-6/h4-5H,1-3H3,(H2,11,12). The van der Waals surface area contributed by atoms with Crippen LogP contribution in [-0.4, -0.2) is 5.91 Å². The van der Waals surface area contributed by atoms with Crippen molar-refractivity contribution in [1.82, 2.24) is 0 Å². The molecule has 0 aromatic heterocycles. The minimum absolute atomic E-state index is 0.343. The Kier molecular flexibility index (Phi) is 2.18. The predicted octanol–water partition coefficient (Wildman–Crippen LogP) is 1.71. The Labute approximate surface area is 72.4 Å². The lowest BCUT2D eigenvalue weighted by atomic mass is 10.00. The first-order valence-corrected chi connectivity index (χ1v) is 3.90. The molecule has 0 bridgehead atoms. The van der Waals surface area contributed by atoms with Crippen LogP contribution in [0.5, 0.6) is 0 Å². The lowest BCUT2D eigenvalue weighted by Crippen LogP contribution is -2.14. The molecule has 1 aromatic carbocycles. The predicted molar refractivity (Wildman–Crippen MR) is 49.2 cm³/mol. The summed E-state index contributed by atoms with van der Waals surface area (Å²) in [5.74, 6) is -0.343. The molecule has 0 unspecified atom stereocenters. The molecule has 0 aliphatic carbocycles. The van der Waals surface area contributed by atoms with Crippen molar-refractivity contribution in [2.45, 2.75) is 20.8 Å². The van der Waals surface area contributed by atoms with Gasteiger partial charge in [0.15, 0.2) is 0 Å². The number of rotatable bonds is 1. The third-order valence-electron chi connectivity index (χ3n) is 1.92. The van der Waals surface area contributed by atoms with Gasteiger partial charge in [0.05, 0.1) is 0 Å². The van der Waals surface area contributed by atoms with E-state index in [0.717, 1.165) is 16.7 Å². The number of amides is 1. The molecule has 0 radical (unpaired) electrons. The number of hydrogen-bond acceptors (Lipinski definition) is 1. The third-order valence-corrected chi connectivity index (χ3v) is 1.92. The van der Waals surface area contributed by atoms with Crippen LogP contribution in [0.4, 0.5) is 0 Å². The molecule has 0 saturated carbocycles. The van der Waals surface area contributed by atoms with Crippen LogP contribution < -0.4 is 5.73 Å². The van der Waals surface area contributed by atoms with Gasteiger partial charge in [-0.25, -0.2) is 0 Å². The molecule has 1 rings (SSSR count). The van der Waals surface area contributed by atoms with Crippen LogP contribution in [0.1, 0.15) is 27.0 Å². The zero-order chi connectivity index (χ0) is 9.30. The van der Waals surface area contributed by atoms with Crippen molar-refractivity contribution in [3.63, 3.8) is 0 Å². The Morgan fingerprint density at radius 2 is 1.58 bits per heavy atom. The van der Waals surface area contributed by atoms with Gasteiger partial charge in [-0.15, -0.1) is 0 Å².